The smallest absolute Gasteiger partial charge is 0.400 e. The van der Waals surface area contributed by atoms with Gasteiger partial charge in [-0.15, -0.1) is 17.2 Å². The van der Waals surface area contributed by atoms with Gasteiger partial charge in [-0.2, -0.15) is 30.3 Å². The monoisotopic (exact) mass is 264 g/mol. The summed E-state index contributed by atoms with van der Waals surface area (Å²) in [6.07, 6.45) is -0.498. The third-order valence-electron chi connectivity index (χ3n) is 1.77. The molecular weight excluding hydrogens is 251 g/mol. The zero-order valence-electron chi connectivity index (χ0n) is 8.16. The maximum Gasteiger partial charge on any atom is 2.00 e. The average Bonchev–Trinajstić information content (AvgIpc) is 2.91. The van der Waals surface area contributed by atoms with Gasteiger partial charge in [0, 0.05) is 12.0 Å². The molecule has 0 aliphatic rings. The number of rotatable bonds is 2. The quantitative estimate of drug-likeness (QED) is 0.502. The van der Waals surface area contributed by atoms with Crippen LogP contribution in [0, 0.1) is 0 Å². The summed E-state index contributed by atoms with van der Waals surface area (Å²) in [6.45, 7) is 0. The number of aliphatic hydroxyl groups excluding tert-OH is 1. The van der Waals surface area contributed by atoms with Gasteiger partial charge in [-0.25, -0.2) is 24.3 Å². The summed E-state index contributed by atoms with van der Waals surface area (Å²) in [5.74, 6) is 0.268. The summed E-state index contributed by atoms with van der Waals surface area (Å²) in [7, 11) is 0. The largest absolute Gasteiger partial charge is 2.00 e. The number of halogens is 1. The molecule has 82 valence electrons. The maximum atomic E-state index is 9.09. The van der Waals surface area contributed by atoms with Crippen molar-refractivity contribution in [3.8, 4) is 0 Å². The van der Waals surface area contributed by atoms with Crippen molar-refractivity contribution in [2.24, 2.45) is 0 Å². The van der Waals surface area contributed by atoms with E-state index in [4.69, 9.17) is 16.7 Å². The van der Waals surface area contributed by atoms with Gasteiger partial charge >= 0.3 is 17.1 Å². The SMILES string of the molecule is OC(CCl)[c-]1cccc1.[Fe+2].c1cc[cH-]c1. The van der Waals surface area contributed by atoms with E-state index in [2.05, 4.69) is 0 Å². The van der Waals surface area contributed by atoms with Crippen LogP contribution in [0.15, 0.2) is 54.6 Å². The van der Waals surface area contributed by atoms with Crippen LogP contribution in [0.25, 0.3) is 0 Å². The van der Waals surface area contributed by atoms with E-state index in [1.807, 2.05) is 54.6 Å². The number of hydrogen-bond donors (Lipinski definition) is 1. The van der Waals surface area contributed by atoms with Gasteiger partial charge in [-0.05, 0) is 0 Å². The number of aliphatic hydroxyl groups is 1. The Bertz CT molecular complexity index is 285. The molecule has 0 spiro atoms. The van der Waals surface area contributed by atoms with Crippen molar-refractivity contribution in [3.63, 3.8) is 0 Å². The fourth-order valence-electron chi connectivity index (χ4n) is 1.02. The van der Waals surface area contributed by atoms with Crippen molar-refractivity contribution in [1.29, 1.82) is 0 Å². The number of alkyl halides is 1. The summed E-state index contributed by atoms with van der Waals surface area (Å²) in [4.78, 5) is 0. The van der Waals surface area contributed by atoms with Crippen LogP contribution in [0.2, 0.25) is 0 Å². The van der Waals surface area contributed by atoms with Gasteiger partial charge in [0.1, 0.15) is 0 Å². The molecule has 2 aromatic rings. The summed E-state index contributed by atoms with van der Waals surface area (Å²) < 4.78 is 0. The van der Waals surface area contributed by atoms with E-state index in [0.717, 1.165) is 5.56 Å². The molecule has 1 nitrogen and oxygen atoms in total. The molecule has 2 aromatic carbocycles. The Kier molecular flexibility index (Phi) is 8.44. The van der Waals surface area contributed by atoms with Gasteiger partial charge in [-0.1, -0.05) is 0 Å². The van der Waals surface area contributed by atoms with Gasteiger partial charge in [0.2, 0.25) is 0 Å². The van der Waals surface area contributed by atoms with E-state index in [9.17, 15) is 0 Å². The first-order valence-corrected chi connectivity index (χ1v) is 5.00. The van der Waals surface area contributed by atoms with Crippen molar-refractivity contribution < 1.29 is 22.2 Å². The normalized spacial score (nSPS) is 10.8. The van der Waals surface area contributed by atoms with Gasteiger partial charge in [-0.3, -0.25) is 0 Å². The Hall–Kier alpha value is -0.531. The number of hydrogen-bond acceptors (Lipinski definition) is 1. The van der Waals surface area contributed by atoms with Crippen molar-refractivity contribution in [3.05, 3.63) is 60.2 Å². The van der Waals surface area contributed by atoms with Gasteiger partial charge < -0.3 is 5.11 Å². The summed E-state index contributed by atoms with van der Waals surface area (Å²) >= 11 is 5.39. The van der Waals surface area contributed by atoms with E-state index >= 15 is 0 Å². The average molecular weight is 265 g/mol. The first-order chi connectivity index (χ1) is 6.84. The molecule has 0 fully saturated rings. The molecule has 0 amide bonds. The predicted octanol–water partition coefficient (Wildman–Crippen LogP) is 3.08. The Labute approximate surface area is 106 Å². The van der Waals surface area contributed by atoms with Crippen LogP contribution >= 0.6 is 11.6 Å². The van der Waals surface area contributed by atoms with E-state index < -0.39 is 6.10 Å². The van der Waals surface area contributed by atoms with Crippen LogP contribution in [-0.2, 0) is 17.1 Å². The Morgan fingerprint density at radius 1 is 1.13 bits per heavy atom. The van der Waals surface area contributed by atoms with Gasteiger partial charge in [0.15, 0.2) is 0 Å². The van der Waals surface area contributed by atoms with Gasteiger partial charge in [0.05, 0.1) is 0 Å². The van der Waals surface area contributed by atoms with Crippen LogP contribution in [0.5, 0.6) is 0 Å². The minimum atomic E-state index is -0.498. The van der Waals surface area contributed by atoms with Crippen LogP contribution < -0.4 is 0 Å². The fraction of sp³-hybridized carbons (Fsp3) is 0.167. The summed E-state index contributed by atoms with van der Waals surface area (Å²) in [5.41, 5.74) is 0.894. The second-order valence-corrected chi connectivity index (χ2v) is 3.16. The van der Waals surface area contributed by atoms with Crippen LogP contribution in [0.3, 0.4) is 0 Å². The van der Waals surface area contributed by atoms with E-state index in [1.165, 1.54) is 0 Å². The predicted molar refractivity (Wildman–Crippen MR) is 59.7 cm³/mol. The van der Waals surface area contributed by atoms with Crippen LogP contribution in [0.4, 0.5) is 0 Å². The van der Waals surface area contributed by atoms with Crippen molar-refractivity contribution in [1.82, 2.24) is 0 Å². The second-order valence-electron chi connectivity index (χ2n) is 2.85. The van der Waals surface area contributed by atoms with Crippen molar-refractivity contribution in [2.75, 3.05) is 5.88 Å². The molecule has 0 aliphatic heterocycles. The van der Waals surface area contributed by atoms with E-state index in [-0.39, 0.29) is 22.9 Å². The van der Waals surface area contributed by atoms with E-state index in [1.54, 1.807) is 0 Å². The zero-order valence-corrected chi connectivity index (χ0v) is 10.0. The van der Waals surface area contributed by atoms with Crippen LogP contribution in [0.1, 0.15) is 11.7 Å². The van der Waals surface area contributed by atoms with E-state index in [0.29, 0.717) is 0 Å². The third kappa shape index (κ3) is 5.81. The van der Waals surface area contributed by atoms with Crippen molar-refractivity contribution in [2.45, 2.75) is 6.10 Å². The second kappa shape index (κ2) is 8.75. The first-order valence-electron chi connectivity index (χ1n) is 4.47. The molecule has 15 heavy (non-hydrogen) atoms. The molecule has 2 rings (SSSR count). The van der Waals surface area contributed by atoms with Crippen LogP contribution in [-0.4, -0.2) is 11.0 Å². The minimum Gasteiger partial charge on any atom is -0.400 e. The zero-order chi connectivity index (χ0) is 10.2. The molecule has 1 atom stereocenters. The molecule has 0 saturated carbocycles. The topological polar surface area (TPSA) is 20.2 Å². The maximum absolute atomic E-state index is 9.09. The molecule has 0 radical (unpaired) electrons. The standard InChI is InChI=1S/C7H8ClO.C5H5.Fe/c8-5-7(9)6-3-1-2-4-6;1-2-4-5-3-1;/h1-4,7,9H,5H2;1-5H;/q2*-1;+2. The third-order valence-corrected chi connectivity index (χ3v) is 2.07. The fourth-order valence-corrected chi connectivity index (χ4v) is 1.20. The Balaban J connectivity index is 0.000000280. The molecule has 0 bridgehead atoms. The summed E-state index contributed by atoms with van der Waals surface area (Å²) in [5, 5.41) is 9.09. The molecule has 0 saturated heterocycles. The van der Waals surface area contributed by atoms with Crippen molar-refractivity contribution >= 4 is 11.6 Å². The molecule has 0 aliphatic carbocycles. The first kappa shape index (κ1) is 14.5. The molecule has 0 aromatic heterocycles. The Morgan fingerprint density at radius 3 is 2.00 bits per heavy atom. The molecular formula is C12H13ClFeO. The molecule has 1 N–H and O–H groups in total. The Morgan fingerprint density at radius 2 is 1.67 bits per heavy atom. The molecule has 0 heterocycles. The minimum absolute atomic E-state index is 0. The molecule has 3 heteroatoms. The summed E-state index contributed by atoms with van der Waals surface area (Å²) in [6, 6.07) is 17.5. The van der Waals surface area contributed by atoms with Gasteiger partial charge in [0.25, 0.3) is 0 Å². The molecule has 1 unspecified atom stereocenters.